The van der Waals surface area contributed by atoms with Crippen LogP contribution in [-0.4, -0.2) is 30.3 Å². The molecule has 20 heavy (non-hydrogen) atoms. The van der Waals surface area contributed by atoms with Crippen LogP contribution in [0.5, 0.6) is 0 Å². The van der Waals surface area contributed by atoms with Gasteiger partial charge in [0.05, 0.1) is 30.6 Å². The van der Waals surface area contributed by atoms with Gasteiger partial charge >= 0.3 is 57.4 Å². The summed E-state index contributed by atoms with van der Waals surface area (Å²) >= 11 is 0. The number of aliphatic carboxylic acids is 1. The van der Waals surface area contributed by atoms with Gasteiger partial charge in [0, 0.05) is 6.61 Å². The molecule has 0 aliphatic carbocycles. The van der Waals surface area contributed by atoms with E-state index in [2.05, 4.69) is 4.74 Å². The normalized spacial score (nSPS) is 10.3. The van der Waals surface area contributed by atoms with E-state index in [1.54, 1.807) is 19.9 Å². The zero-order chi connectivity index (χ0) is 15.8. The van der Waals surface area contributed by atoms with E-state index < -0.39 is 23.8 Å². The second-order valence-electron chi connectivity index (χ2n) is 3.09. The molecule has 0 aromatic carbocycles. The van der Waals surface area contributed by atoms with E-state index in [-0.39, 0.29) is 58.0 Å². The smallest absolute Gasteiger partial charge is 0.549 e. The number of aliphatic hydroxyl groups is 1. The van der Waals surface area contributed by atoms with Crippen molar-refractivity contribution < 1.29 is 75.9 Å². The Kier molecular flexibility index (Phi) is 28.9. The van der Waals surface area contributed by atoms with Gasteiger partial charge in [0.25, 0.3) is 0 Å². The van der Waals surface area contributed by atoms with Crippen LogP contribution in [-0.2, 0) is 14.3 Å². The predicted molar refractivity (Wildman–Crippen MR) is 64.0 cm³/mol. The molecule has 0 saturated carbocycles. The topological polar surface area (TPSA) is 134 Å². The van der Waals surface area contributed by atoms with Gasteiger partial charge in [-0.05, 0) is 27.7 Å². The van der Waals surface area contributed by atoms with Crippen LogP contribution in [0.15, 0.2) is 0 Å². The molecule has 2 unspecified atom stereocenters. The SMILES string of the molecule is CC(C#N)C(=O)[O-].CCO.CCOC(=O)C(C)C#N.[K+]. The maximum Gasteiger partial charge on any atom is 1.00 e. The van der Waals surface area contributed by atoms with Crippen LogP contribution in [0.3, 0.4) is 0 Å². The van der Waals surface area contributed by atoms with Gasteiger partial charge in [-0.25, -0.2) is 0 Å². The Morgan fingerprint density at radius 2 is 1.55 bits per heavy atom. The minimum atomic E-state index is -1.32. The largest absolute Gasteiger partial charge is 1.00 e. The van der Waals surface area contributed by atoms with Crippen molar-refractivity contribution in [1.29, 1.82) is 10.5 Å². The van der Waals surface area contributed by atoms with Crippen LogP contribution in [0.1, 0.15) is 27.7 Å². The number of hydrogen-bond donors (Lipinski definition) is 1. The zero-order valence-corrected chi connectivity index (χ0v) is 15.7. The number of aliphatic hydroxyl groups excluding tert-OH is 1. The van der Waals surface area contributed by atoms with Gasteiger partial charge in [0.2, 0.25) is 0 Å². The van der Waals surface area contributed by atoms with Crippen LogP contribution in [0, 0.1) is 34.5 Å². The first kappa shape index (κ1) is 27.8. The van der Waals surface area contributed by atoms with Crippen molar-refractivity contribution in [2.75, 3.05) is 13.2 Å². The molecule has 0 radical (unpaired) electrons. The summed E-state index contributed by atoms with van der Waals surface area (Å²) < 4.78 is 4.53. The number of esters is 1. The Hall–Kier alpha value is -0.484. The van der Waals surface area contributed by atoms with Crippen molar-refractivity contribution in [3.8, 4) is 12.1 Å². The summed E-state index contributed by atoms with van der Waals surface area (Å²) in [7, 11) is 0. The Labute approximate surface area is 161 Å². The maximum absolute atomic E-state index is 10.5. The number of hydrogen-bond acceptors (Lipinski definition) is 7. The zero-order valence-electron chi connectivity index (χ0n) is 12.5. The summed E-state index contributed by atoms with van der Waals surface area (Å²) in [5, 5.41) is 33.2. The predicted octanol–water partition coefficient (Wildman–Crippen LogP) is -3.39. The second-order valence-corrected chi connectivity index (χ2v) is 3.09. The quantitative estimate of drug-likeness (QED) is 0.424. The van der Waals surface area contributed by atoms with Crippen LogP contribution in [0.2, 0.25) is 0 Å². The monoisotopic (exact) mass is 310 g/mol. The number of nitriles is 2. The summed E-state index contributed by atoms with van der Waals surface area (Å²) in [6.07, 6.45) is 0. The second kappa shape index (κ2) is 20.8. The molecule has 0 aliphatic heterocycles. The first-order valence-corrected chi connectivity index (χ1v) is 5.59. The first-order valence-electron chi connectivity index (χ1n) is 5.59. The molecule has 8 heteroatoms. The van der Waals surface area contributed by atoms with Gasteiger partial charge < -0.3 is 19.7 Å². The Morgan fingerprint density at radius 1 is 1.20 bits per heavy atom. The Balaban J connectivity index is -0.000000105. The molecule has 7 nitrogen and oxygen atoms in total. The molecule has 108 valence electrons. The van der Waals surface area contributed by atoms with E-state index in [1.807, 2.05) is 0 Å². The summed E-state index contributed by atoms with van der Waals surface area (Å²) in [4.78, 5) is 20.1. The van der Waals surface area contributed by atoms with Gasteiger partial charge in [0.15, 0.2) is 0 Å². The van der Waals surface area contributed by atoms with Gasteiger partial charge in [-0.15, -0.1) is 0 Å². The molecule has 0 bridgehead atoms. The van der Waals surface area contributed by atoms with Crippen LogP contribution >= 0.6 is 0 Å². The van der Waals surface area contributed by atoms with Crippen LogP contribution in [0.4, 0.5) is 0 Å². The van der Waals surface area contributed by atoms with Gasteiger partial charge in [0.1, 0.15) is 5.92 Å². The molecule has 0 spiro atoms. The molecule has 0 heterocycles. The first-order chi connectivity index (χ1) is 8.81. The molecule has 0 saturated heterocycles. The Morgan fingerprint density at radius 3 is 1.70 bits per heavy atom. The maximum atomic E-state index is 10.5. The average Bonchev–Trinajstić information content (AvgIpc) is 2.38. The van der Waals surface area contributed by atoms with Crippen molar-refractivity contribution in [3.05, 3.63) is 0 Å². The molecular weight excluding hydrogens is 291 g/mol. The van der Waals surface area contributed by atoms with Gasteiger partial charge in [-0.2, -0.15) is 10.5 Å². The van der Waals surface area contributed by atoms with E-state index in [1.165, 1.54) is 19.9 Å². The molecule has 1 N–H and O–H groups in total. The fraction of sp³-hybridized carbons (Fsp3) is 0.667. The van der Waals surface area contributed by atoms with E-state index in [9.17, 15) is 14.7 Å². The van der Waals surface area contributed by atoms with Crippen LogP contribution < -0.4 is 56.5 Å². The molecule has 0 fully saturated rings. The van der Waals surface area contributed by atoms with Crippen LogP contribution in [0.25, 0.3) is 0 Å². The van der Waals surface area contributed by atoms with E-state index in [4.69, 9.17) is 15.6 Å². The third kappa shape index (κ3) is 22.7. The third-order valence-electron chi connectivity index (χ3n) is 1.38. The summed E-state index contributed by atoms with van der Waals surface area (Å²) in [6.45, 7) is 6.76. The van der Waals surface area contributed by atoms with Gasteiger partial charge in [-0.1, -0.05) is 0 Å². The summed E-state index contributed by atoms with van der Waals surface area (Å²) in [5.41, 5.74) is 0. The summed E-state index contributed by atoms with van der Waals surface area (Å²) in [5.74, 6) is -3.38. The minimum absolute atomic E-state index is 0. The van der Waals surface area contributed by atoms with Crippen molar-refractivity contribution in [2.24, 2.45) is 11.8 Å². The molecule has 0 amide bonds. The molecule has 2 atom stereocenters. The number of ether oxygens (including phenoxy) is 1. The molecule has 0 rings (SSSR count). The van der Waals surface area contributed by atoms with E-state index in [0.717, 1.165) is 0 Å². The number of nitrogens with zero attached hydrogens (tertiary/aromatic N) is 2. The van der Waals surface area contributed by atoms with Crippen molar-refractivity contribution >= 4 is 11.9 Å². The minimum Gasteiger partial charge on any atom is -0.549 e. The third-order valence-corrected chi connectivity index (χ3v) is 1.38. The number of carbonyl (C=O) groups excluding carboxylic acids is 2. The average molecular weight is 310 g/mol. The number of rotatable bonds is 3. The molecule has 0 aromatic heterocycles. The van der Waals surface area contributed by atoms with Crippen molar-refractivity contribution in [3.63, 3.8) is 0 Å². The van der Waals surface area contributed by atoms with Crippen molar-refractivity contribution in [1.82, 2.24) is 0 Å². The number of carbonyl (C=O) groups is 2. The summed E-state index contributed by atoms with van der Waals surface area (Å²) in [6, 6.07) is 3.28. The molecule has 0 aromatic rings. The van der Waals surface area contributed by atoms with E-state index >= 15 is 0 Å². The molecule has 0 aliphatic rings. The van der Waals surface area contributed by atoms with Crippen molar-refractivity contribution in [2.45, 2.75) is 27.7 Å². The standard InChI is InChI=1S/C6H9NO2.C4H5NO2.C2H6O.K/c1-3-9-6(8)5(2)4-7;1-3(2-5)4(6)7;1-2-3;/h5H,3H2,1-2H3;3H,1H3,(H,6,7);3H,2H2,1H3;/q;;;+1/p-1. The van der Waals surface area contributed by atoms with Gasteiger partial charge in [-0.3, -0.25) is 4.79 Å². The fourth-order valence-electron chi connectivity index (χ4n) is 0.373. The number of carboxylic acids is 1. The Bertz CT molecular complexity index is 336. The molecular formula is C12H19KN2O5. The van der Waals surface area contributed by atoms with E-state index in [0.29, 0.717) is 6.61 Å². The fourth-order valence-corrected chi connectivity index (χ4v) is 0.373. The number of carboxylic acid groups (broad SMARTS) is 1.